The lowest BCUT2D eigenvalue weighted by Gasteiger charge is -2.08. The minimum Gasteiger partial charge on any atom is -0.466 e. The van der Waals surface area contributed by atoms with Crippen LogP contribution in [0.15, 0.2) is 11.5 Å². The highest BCUT2D eigenvalue weighted by Crippen LogP contribution is 2.28. The molecule has 0 aliphatic heterocycles. The van der Waals surface area contributed by atoms with Crippen LogP contribution in [0.5, 0.6) is 0 Å². The van der Waals surface area contributed by atoms with Gasteiger partial charge in [0.2, 0.25) is 0 Å². The van der Waals surface area contributed by atoms with E-state index in [2.05, 4.69) is 4.74 Å². The first kappa shape index (κ1) is 12.4. The van der Waals surface area contributed by atoms with Gasteiger partial charge in [-0.05, 0) is 24.7 Å². The average molecular weight is 243 g/mol. The first-order valence-electron chi connectivity index (χ1n) is 4.67. The highest BCUT2D eigenvalue weighted by atomic mass is 32.2. The molecular weight excluding hydrogens is 230 g/mol. The molecule has 1 aliphatic rings. The van der Waals surface area contributed by atoms with Crippen LogP contribution in [0.2, 0.25) is 0 Å². The maximum atomic E-state index is 10.8. The molecule has 0 spiro atoms. The van der Waals surface area contributed by atoms with Gasteiger partial charge in [-0.2, -0.15) is 0 Å². The zero-order valence-electron chi connectivity index (χ0n) is 8.49. The van der Waals surface area contributed by atoms with Crippen LogP contribution in [0, 0.1) is 11.3 Å². The number of thiocarbonyl (C=S) groups is 1. The third-order valence-electron chi connectivity index (χ3n) is 2.23. The van der Waals surface area contributed by atoms with Gasteiger partial charge in [0, 0.05) is 17.7 Å². The Kier molecular flexibility index (Phi) is 4.98. The fraction of sp³-hybridized carbons (Fsp3) is 0.500. The van der Waals surface area contributed by atoms with E-state index in [1.165, 1.54) is 24.9 Å². The van der Waals surface area contributed by atoms with Gasteiger partial charge in [0.25, 0.3) is 0 Å². The maximum absolute atomic E-state index is 10.8. The standard InChI is InChI=1S/C10H13NO2S2/c1-13-9(12)5-6-15-10(14)7-3-2-4-8(7)11/h5-7,11H,2-4H2,1H3/b6-5+,11-8?. The van der Waals surface area contributed by atoms with E-state index in [-0.39, 0.29) is 11.9 Å². The Morgan fingerprint density at radius 1 is 1.73 bits per heavy atom. The van der Waals surface area contributed by atoms with E-state index in [4.69, 9.17) is 17.6 Å². The summed E-state index contributed by atoms with van der Waals surface area (Å²) < 4.78 is 5.23. The first-order valence-corrected chi connectivity index (χ1v) is 5.96. The zero-order chi connectivity index (χ0) is 11.3. The molecule has 0 saturated heterocycles. The van der Waals surface area contributed by atoms with Crippen LogP contribution in [-0.2, 0) is 9.53 Å². The van der Waals surface area contributed by atoms with E-state index in [1.807, 2.05) is 0 Å². The summed E-state index contributed by atoms with van der Waals surface area (Å²) in [5.74, 6) is -0.265. The maximum Gasteiger partial charge on any atom is 0.330 e. The molecule has 1 saturated carbocycles. The number of nitrogens with one attached hydrogen (secondary N) is 1. The average Bonchev–Trinajstić information content (AvgIpc) is 2.64. The Morgan fingerprint density at radius 2 is 2.47 bits per heavy atom. The van der Waals surface area contributed by atoms with Crippen LogP contribution in [0.25, 0.3) is 0 Å². The van der Waals surface area contributed by atoms with Crippen molar-refractivity contribution in [3.63, 3.8) is 0 Å². The van der Waals surface area contributed by atoms with E-state index in [1.54, 1.807) is 5.41 Å². The number of carbonyl (C=O) groups excluding carboxylic acids is 1. The molecule has 1 fully saturated rings. The lowest BCUT2D eigenvalue weighted by Crippen LogP contribution is -2.12. The van der Waals surface area contributed by atoms with Gasteiger partial charge in [0.15, 0.2) is 0 Å². The van der Waals surface area contributed by atoms with Gasteiger partial charge in [0.1, 0.15) is 0 Å². The molecule has 1 unspecified atom stereocenters. The molecule has 0 aromatic rings. The van der Waals surface area contributed by atoms with Crippen molar-refractivity contribution in [2.45, 2.75) is 19.3 Å². The number of hydrogen-bond donors (Lipinski definition) is 1. The molecule has 0 aromatic heterocycles. The Balaban J connectivity index is 2.39. The summed E-state index contributed by atoms with van der Waals surface area (Å²) in [4.78, 5) is 10.8. The molecule has 0 radical (unpaired) electrons. The predicted molar refractivity (Wildman–Crippen MR) is 66.4 cm³/mol. The Labute approximate surface area is 98.8 Å². The second-order valence-corrected chi connectivity index (χ2v) is 4.88. The van der Waals surface area contributed by atoms with Gasteiger partial charge in [-0.15, -0.1) is 0 Å². The van der Waals surface area contributed by atoms with Crippen LogP contribution in [0.3, 0.4) is 0 Å². The minimum atomic E-state index is -0.383. The van der Waals surface area contributed by atoms with Gasteiger partial charge in [-0.25, -0.2) is 4.79 Å². The van der Waals surface area contributed by atoms with Crippen LogP contribution in [0.1, 0.15) is 19.3 Å². The molecule has 0 aromatic carbocycles. The molecule has 0 heterocycles. The van der Waals surface area contributed by atoms with Crippen LogP contribution < -0.4 is 0 Å². The van der Waals surface area contributed by atoms with Crippen molar-refractivity contribution in [2.75, 3.05) is 7.11 Å². The van der Waals surface area contributed by atoms with Gasteiger partial charge < -0.3 is 10.1 Å². The molecule has 3 nitrogen and oxygen atoms in total. The van der Waals surface area contributed by atoms with Crippen molar-refractivity contribution in [1.82, 2.24) is 0 Å². The third-order valence-corrected chi connectivity index (χ3v) is 3.60. The van der Waals surface area contributed by atoms with Crippen molar-refractivity contribution in [3.8, 4) is 0 Å². The molecule has 5 heteroatoms. The Hall–Kier alpha value is -0.680. The summed E-state index contributed by atoms with van der Waals surface area (Å²) in [5.41, 5.74) is 0.721. The lowest BCUT2D eigenvalue weighted by molar-refractivity contribution is -0.134. The van der Waals surface area contributed by atoms with E-state index in [9.17, 15) is 4.79 Å². The summed E-state index contributed by atoms with van der Waals surface area (Å²) in [6.07, 6.45) is 4.21. The van der Waals surface area contributed by atoms with E-state index in [0.717, 1.165) is 29.2 Å². The number of methoxy groups -OCH3 is 1. The normalized spacial score (nSPS) is 20.9. The SMILES string of the molecule is COC(=O)/C=C/SC(=S)C1CCCC1=N. The summed E-state index contributed by atoms with van der Waals surface area (Å²) in [6, 6.07) is 0. The summed E-state index contributed by atoms with van der Waals surface area (Å²) in [5, 5.41) is 9.30. The number of esters is 1. The number of thioether (sulfide) groups is 1. The summed E-state index contributed by atoms with van der Waals surface area (Å²) >= 11 is 6.53. The summed E-state index contributed by atoms with van der Waals surface area (Å²) in [6.45, 7) is 0. The first-order chi connectivity index (χ1) is 7.15. The van der Waals surface area contributed by atoms with Gasteiger partial charge in [-0.1, -0.05) is 24.0 Å². The molecule has 15 heavy (non-hydrogen) atoms. The van der Waals surface area contributed by atoms with Crippen molar-refractivity contribution >= 4 is 39.9 Å². The largest absolute Gasteiger partial charge is 0.466 e. The zero-order valence-corrected chi connectivity index (χ0v) is 10.1. The molecule has 1 atom stereocenters. The second-order valence-electron chi connectivity index (χ2n) is 3.23. The topological polar surface area (TPSA) is 50.2 Å². The van der Waals surface area contributed by atoms with Crippen molar-refractivity contribution < 1.29 is 9.53 Å². The quantitative estimate of drug-likeness (QED) is 0.470. The Morgan fingerprint density at radius 3 is 3.00 bits per heavy atom. The predicted octanol–water partition coefficient (Wildman–Crippen LogP) is 2.55. The highest BCUT2D eigenvalue weighted by molar-refractivity contribution is 8.25. The molecule has 82 valence electrons. The van der Waals surface area contributed by atoms with Gasteiger partial charge >= 0.3 is 5.97 Å². The van der Waals surface area contributed by atoms with Crippen molar-refractivity contribution in [1.29, 1.82) is 5.41 Å². The molecule has 0 amide bonds. The van der Waals surface area contributed by atoms with E-state index < -0.39 is 0 Å². The van der Waals surface area contributed by atoms with Gasteiger partial charge in [-0.3, -0.25) is 0 Å². The fourth-order valence-electron chi connectivity index (χ4n) is 1.41. The molecule has 1 rings (SSSR count). The summed E-state index contributed by atoms with van der Waals surface area (Å²) in [7, 11) is 1.34. The van der Waals surface area contributed by atoms with Crippen LogP contribution in [0.4, 0.5) is 0 Å². The van der Waals surface area contributed by atoms with Gasteiger partial charge in [0.05, 0.1) is 11.3 Å². The van der Waals surface area contributed by atoms with E-state index >= 15 is 0 Å². The number of carbonyl (C=O) groups is 1. The molecule has 1 N–H and O–H groups in total. The number of ether oxygens (including phenoxy) is 1. The second kappa shape index (κ2) is 6.02. The molecule has 1 aliphatic carbocycles. The lowest BCUT2D eigenvalue weighted by atomic mass is 10.1. The minimum absolute atomic E-state index is 0.118. The van der Waals surface area contributed by atoms with Crippen molar-refractivity contribution in [3.05, 3.63) is 11.5 Å². The monoisotopic (exact) mass is 243 g/mol. The number of hydrogen-bond acceptors (Lipinski definition) is 5. The highest BCUT2D eigenvalue weighted by Gasteiger charge is 2.24. The molecule has 0 bridgehead atoms. The Bertz CT molecular complexity index is 313. The van der Waals surface area contributed by atoms with E-state index in [0.29, 0.717) is 0 Å². The van der Waals surface area contributed by atoms with Crippen LogP contribution >= 0.6 is 24.0 Å². The van der Waals surface area contributed by atoms with Crippen LogP contribution in [-0.4, -0.2) is 23.0 Å². The molecular formula is C10H13NO2S2. The smallest absolute Gasteiger partial charge is 0.330 e. The fourth-order valence-corrected chi connectivity index (χ4v) is 2.58. The third kappa shape index (κ3) is 3.76. The number of rotatable bonds is 3. The van der Waals surface area contributed by atoms with Crippen molar-refractivity contribution in [2.24, 2.45) is 5.92 Å².